The van der Waals surface area contributed by atoms with E-state index in [-0.39, 0.29) is 5.56 Å². The largest absolute Gasteiger partial charge is 0.309 e. The third kappa shape index (κ3) is 3.19. The number of nitrogens with one attached hydrogen (secondary N) is 2. The van der Waals surface area contributed by atoms with Crippen LogP contribution in [0, 0.1) is 13.8 Å². The predicted molar refractivity (Wildman–Crippen MR) is 88.0 cm³/mol. The summed E-state index contributed by atoms with van der Waals surface area (Å²) in [4.78, 5) is 21.8. The van der Waals surface area contributed by atoms with Crippen molar-refractivity contribution in [3.63, 3.8) is 0 Å². The summed E-state index contributed by atoms with van der Waals surface area (Å²) in [7, 11) is 0. The molecule has 2 heterocycles. The first-order valence-corrected chi connectivity index (χ1v) is 8.69. The van der Waals surface area contributed by atoms with Gasteiger partial charge < -0.3 is 10.3 Å². The summed E-state index contributed by atoms with van der Waals surface area (Å²) in [6.07, 6.45) is 7.81. The van der Waals surface area contributed by atoms with Gasteiger partial charge in [-0.15, -0.1) is 11.3 Å². The van der Waals surface area contributed by atoms with Crippen molar-refractivity contribution in [3.8, 4) is 0 Å². The number of hydrogen-bond acceptors (Lipinski definition) is 4. The molecule has 0 bridgehead atoms. The van der Waals surface area contributed by atoms with E-state index in [4.69, 9.17) is 0 Å². The van der Waals surface area contributed by atoms with E-state index in [1.54, 1.807) is 11.3 Å². The van der Waals surface area contributed by atoms with E-state index in [1.165, 1.54) is 43.4 Å². The number of aromatic amines is 1. The molecule has 0 radical (unpaired) electrons. The van der Waals surface area contributed by atoms with Crippen molar-refractivity contribution in [3.05, 3.63) is 26.6 Å². The highest BCUT2D eigenvalue weighted by atomic mass is 32.1. The Morgan fingerprint density at radius 1 is 1.24 bits per heavy atom. The van der Waals surface area contributed by atoms with Gasteiger partial charge in [-0.05, 0) is 32.3 Å². The molecule has 0 spiro atoms. The summed E-state index contributed by atoms with van der Waals surface area (Å²) in [6, 6.07) is 0.570. The average Bonchev–Trinajstić information content (AvgIpc) is 2.66. The van der Waals surface area contributed by atoms with E-state index in [2.05, 4.69) is 15.3 Å². The van der Waals surface area contributed by atoms with Crippen LogP contribution in [0.5, 0.6) is 0 Å². The third-order valence-corrected chi connectivity index (χ3v) is 5.60. The molecular formula is C16H23N3OS. The molecule has 4 nitrogen and oxygen atoms in total. The molecule has 1 aliphatic rings. The predicted octanol–water partition coefficient (Wildman–Crippen LogP) is 3.41. The van der Waals surface area contributed by atoms with Gasteiger partial charge in [0.25, 0.3) is 5.56 Å². The smallest absolute Gasteiger partial charge is 0.259 e. The van der Waals surface area contributed by atoms with Crippen LogP contribution in [0.15, 0.2) is 4.79 Å². The van der Waals surface area contributed by atoms with Gasteiger partial charge in [0.05, 0.1) is 11.9 Å². The van der Waals surface area contributed by atoms with Gasteiger partial charge in [0.15, 0.2) is 0 Å². The van der Waals surface area contributed by atoms with Crippen molar-refractivity contribution >= 4 is 21.6 Å². The van der Waals surface area contributed by atoms with Crippen molar-refractivity contribution in [2.75, 3.05) is 0 Å². The maximum Gasteiger partial charge on any atom is 0.259 e. The molecule has 0 unspecified atom stereocenters. The number of nitrogens with zero attached hydrogens (tertiary/aromatic N) is 1. The molecule has 1 fully saturated rings. The van der Waals surface area contributed by atoms with Gasteiger partial charge in [-0.1, -0.05) is 25.7 Å². The fourth-order valence-corrected chi connectivity index (χ4v) is 4.16. The van der Waals surface area contributed by atoms with Crippen LogP contribution in [0.25, 0.3) is 10.2 Å². The fourth-order valence-electron chi connectivity index (χ4n) is 3.11. The molecule has 2 aromatic heterocycles. The van der Waals surface area contributed by atoms with Crippen LogP contribution in [-0.2, 0) is 6.54 Å². The molecule has 2 aromatic rings. The Balaban J connectivity index is 1.76. The molecule has 0 amide bonds. The average molecular weight is 305 g/mol. The van der Waals surface area contributed by atoms with Gasteiger partial charge >= 0.3 is 0 Å². The first-order chi connectivity index (χ1) is 10.1. The monoisotopic (exact) mass is 305 g/mol. The quantitative estimate of drug-likeness (QED) is 0.854. The number of rotatable bonds is 3. The van der Waals surface area contributed by atoms with Crippen LogP contribution in [0.1, 0.15) is 54.8 Å². The van der Waals surface area contributed by atoms with Crippen LogP contribution < -0.4 is 10.9 Å². The molecule has 1 aliphatic carbocycles. The first kappa shape index (κ1) is 14.7. The highest BCUT2D eigenvalue weighted by molar-refractivity contribution is 7.18. The minimum atomic E-state index is -0.000448. The number of aryl methyl sites for hydroxylation is 2. The third-order valence-electron chi connectivity index (χ3n) is 4.50. The minimum Gasteiger partial charge on any atom is -0.309 e. The normalized spacial score (nSPS) is 17.2. The number of hydrogen-bond donors (Lipinski definition) is 2. The molecule has 2 N–H and O–H groups in total. The summed E-state index contributed by atoms with van der Waals surface area (Å²) >= 11 is 1.61. The highest BCUT2D eigenvalue weighted by Crippen LogP contribution is 2.25. The molecule has 114 valence electrons. The molecule has 1 saturated carbocycles. The first-order valence-electron chi connectivity index (χ1n) is 7.87. The van der Waals surface area contributed by atoms with Crippen LogP contribution in [0.3, 0.4) is 0 Å². The Labute approximate surface area is 129 Å². The Morgan fingerprint density at radius 3 is 2.67 bits per heavy atom. The molecule has 21 heavy (non-hydrogen) atoms. The Kier molecular flexibility index (Phi) is 4.40. The Hall–Kier alpha value is -1.20. The van der Waals surface area contributed by atoms with E-state index in [0.717, 1.165) is 21.6 Å². The lowest BCUT2D eigenvalue weighted by molar-refractivity contribution is 0.453. The molecule has 0 saturated heterocycles. The maximum atomic E-state index is 12.2. The summed E-state index contributed by atoms with van der Waals surface area (Å²) in [5.41, 5.74) is 1.06. The van der Waals surface area contributed by atoms with Crippen LogP contribution in [0.2, 0.25) is 0 Å². The number of aromatic nitrogens is 2. The summed E-state index contributed by atoms with van der Waals surface area (Å²) in [6.45, 7) is 4.70. The topological polar surface area (TPSA) is 57.8 Å². The molecule has 0 atom stereocenters. The van der Waals surface area contributed by atoms with Crippen LogP contribution >= 0.6 is 11.3 Å². The number of fused-ring (bicyclic) bond motifs is 1. The lowest BCUT2D eigenvalue weighted by Crippen LogP contribution is -2.29. The second-order valence-electron chi connectivity index (χ2n) is 6.05. The van der Waals surface area contributed by atoms with Crippen LogP contribution in [-0.4, -0.2) is 16.0 Å². The molecular weight excluding hydrogens is 282 g/mol. The van der Waals surface area contributed by atoms with Gasteiger partial charge in [-0.25, -0.2) is 4.98 Å². The zero-order chi connectivity index (χ0) is 14.8. The maximum absolute atomic E-state index is 12.2. The second-order valence-corrected chi connectivity index (χ2v) is 7.25. The fraction of sp³-hybridized carbons (Fsp3) is 0.625. The zero-order valence-corrected chi connectivity index (χ0v) is 13.6. The van der Waals surface area contributed by atoms with E-state index in [9.17, 15) is 4.79 Å². The van der Waals surface area contributed by atoms with Crippen molar-refractivity contribution in [1.29, 1.82) is 0 Å². The van der Waals surface area contributed by atoms with Gasteiger partial charge in [0.1, 0.15) is 10.7 Å². The van der Waals surface area contributed by atoms with Crippen molar-refractivity contribution < 1.29 is 0 Å². The van der Waals surface area contributed by atoms with Crippen molar-refractivity contribution in [2.45, 2.75) is 65.0 Å². The lowest BCUT2D eigenvalue weighted by atomic mass is 10.1. The second kappa shape index (κ2) is 6.28. The Bertz CT molecular complexity index is 681. The number of H-pyrrole nitrogens is 1. The lowest BCUT2D eigenvalue weighted by Gasteiger charge is -2.15. The summed E-state index contributed by atoms with van der Waals surface area (Å²) in [5, 5.41) is 4.32. The summed E-state index contributed by atoms with van der Waals surface area (Å²) in [5.74, 6) is 0.762. The highest BCUT2D eigenvalue weighted by Gasteiger charge is 2.14. The zero-order valence-electron chi connectivity index (χ0n) is 12.8. The van der Waals surface area contributed by atoms with Gasteiger partial charge in [-0.2, -0.15) is 0 Å². The van der Waals surface area contributed by atoms with Crippen LogP contribution in [0.4, 0.5) is 0 Å². The van der Waals surface area contributed by atoms with E-state index in [1.807, 2.05) is 13.8 Å². The Morgan fingerprint density at radius 2 is 1.95 bits per heavy atom. The van der Waals surface area contributed by atoms with E-state index < -0.39 is 0 Å². The van der Waals surface area contributed by atoms with Crippen molar-refractivity contribution in [2.24, 2.45) is 0 Å². The van der Waals surface area contributed by atoms with E-state index >= 15 is 0 Å². The van der Waals surface area contributed by atoms with E-state index in [0.29, 0.717) is 12.6 Å². The van der Waals surface area contributed by atoms with Gasteiger partial charge in [0, 0.05) is 10.9 Å². The number of thiophene rings is 1. The standard InChI is InChI=1S/C16H23N3OS/c1-10-11(2)21-16-14(10)15(20)18-13(19-16)9-17-12-7-5-3-4-6-8-12/h12,17H,3-9H2,1-2H3,(H,18,19,20). The molecule has 3 rings (SSSR count). The van der Waals surface area contributed by atoms with Gasteiger partial charge in [-0.3, -0.25) is 4.79 Å². The summed E-state index contributed by atoms with van der Waals surface area (Å²) < 4.78 is 0. The minimum absolute atomic E-state index is 0.000448. The SMILES string of the molecule is Cc1sc2nc(CNC3CCCCCC3)[nH]c(=O)c2c1C. The van der Waals surface area contributed by atoms with Crippen molar-refractivity contribution in [1.82, 2.24) is 15.3 Å². The molecule has 0 aliphatic heterocycles. The molecule has 5 heteroatoms. The van der Waals surface area contributed by atoms with Gasteiger partial charge in [0.2, 0.25) is 0 Å². The molecule has 0 aromatic carbocycles.